The van der Waals surface area contributed by atoms with Gasteiger partial charge >= 0.3 is 0 Å². The normalized spacial score (nSPS) is 19.4. The predicted molar refractivity (Wildman–Crippen MR) is 78.6 cm³/mol. The number of likely N-dealkylation sites (tertiary alicyclic amines) is 1. The number of nitrogens with one attached hydrogen (secondary N) is 1. The van der Waals surface area contributed by atoms with Gasteiger partial charge in [0, 0.05) is 18.4 Å². The first-order valence-electron chi connectivity index (χ1n) is 7.32. The SMILES string of the molecule is CCOc1ccc([C@H]2CCCN2Cc2ncc[nH]2)cc1. The maximum atomic E-state index is 5.51. The molecule has 20 heavy (non-hydrogen) atoms. The van der Waals surface area contributed by atoms with Crippen LogP contribution in [0.3, 0.4) is 0 Å². The number of aromatic nitrogens is 2. The average Bonchev–Trinajstić information content (AvgIpc) is 3.12. The number of ether oxygens (including phenoxy) is 1. The topological polar surface area (TPSA) is 41.1 Å². The highest BCUT2D eigenvalue weighted by Gasteiger charge is 2.26. The van der Waals surface area contributed by atoms with Crippen LogP contribution >= 0.6 is 0 Å². The molecule has 1 aromatic heterocycles. The molecule has 106 valence electrons. The van der Waals surface area contributed by atoms with Crippen LogP contribution in [-0.2, 0) is 6.54 Å². The molecule has 0 unspecified atom stereocenters. The molecule has 1 saturated heterocycles. The van der Waals surface area contributed by atoms with Crippen LogP contribution in [0.4, 0.5) is 0 Å². The first-order chi connectivity index (χ1) is 9.86. The summed E-state index contributed by atoms with van der Waals surface area (Å²) in [4.78, 5) is 10.0. The molecule has 2 heterocycles. The van der Waals surface area contributed by atoms with Gasteiger partial charge in [-0.05, 0) is 44.0 Å². The molecular formula is C16H21N3O. The van der Waals surface area contributed by atoms with Gasteiger partial charge in [-0.15, -0.1) is 0 Å². The first kappa shape index (κ1) is 13.2. The standard InChI is InChI=1S/C16H21N3O/c1-2-20-14-7-5-13(6-8-14)15-4-3-11-19(15)12-16-17-9-10-18-16/h5-10,15H,2-4,11-12H2,1H3,(H,17,18)/t15-/m1/s1. The third-order valence-electron chi connectivity index (χ3n) is 3.85. The molecular weight excluding hydrogens is 250 g/mol. The van der Waals surface area contributed by atoms with Gasteiger partial charge in [-0.2, -0.15) is 0 Å². The van der Waals surface area contributed by atoms with E-state index in [1.807, 2.05) is 19.3 Å². The Morgan fingerprint density at radius 2 is 2.20 bits per heavy atom. The number of hydrogen-bond donors (Lipinski definition) is 1. The Morgan fingerprint density at radius 1 is 1.35 bits per heavy atom. The van der Waals surface area contributed by atoms with E-state index in [-0.39, 0.29) is 0 Å². The third kappa shape index (κ3) is 2.85. The minimum Gasteiger partial charge on any atom is -0.494 e. The third-order valence-corrected chi connectivity index (χ3v) is 3.85. The number of H-pyrrole nitrogens is 1. The maximum Gasteiger partial charge on any atom is 0.120 e. The van der Waals surface area contributed by atoms with E-state index < -0.39 is 0 Å². The number of rotatable bonds is 5. The van der Waals surface area contributed by atoms with Gasteiger partial charge in [0.1, 0.15) is 11.6 Å². The summed E-state index contributed by atoms with van der Waals surface area (Å²) in [5.74, 6) is 2.00. The van der Waals surface area contributed by atoms with Crippen molar-refractivity contribution in [3.8, 4) is 5.75 Å². The van der Waals surface area contributed by atoms with Crippen LogP contribution in [0.2, 0.25) is 0 Å². The molecule has 0 amide bonds. The first-order valence-corrected chi connectivity index (χ1v) is 7.32. The molecule has 2 aromatic rings. The van der Waals surface area contributed by atoms with E-state index in [2.05, 4.69) is 39.1 Å². The van der Waals surface area contributed by atoms with Gasteiger partial charge in [0.05, 0.1) is 13.2 Å². The van der Waals surface area contributed by atoms with Crippen molar-refractivity contribution in [3.05, 3.63) is 48.0 Å². The molecule has 1 aliphatic rings. The van der Waals surface area contributed by atoms with Crippen molar-refractivity contribution < 1.29 is 4.74 Å². The van der Waals surface area contributed by atoms with Crippen LogP contribution in [0.25, 0.3) is 0 Å². The van der Waals surface area contributed by atoms with Crippen molar-refractivity contribution in [1.29, 1.82) is 0 Å². The Bertz CT molecular complexity index is 521. The molecule has 0 aliphatic carbocycles. The quantitative estimate of drug-likeness (QED) is 0.908. The molecule has 0 spiro atoms. The van der Waals surface area contributed by atoms with Crippen LogP contribution in [0, 0.1) is 0 Å². The Labute approximate surface area is 119 Å². The van der Waals surface area contributed by atoms with Crippen molar-refractivity contribution in [2.24, 2.45) is 0 Å². The molecule has 4 heteroatoms. The van der Waals surface area contributed by atoms with E-state index in [9.17, 15) is 0 Å². The van der Waals surface area contributed by atoms with Crippen molar-refractivity contribution in [2.45, 2.75) is 32.4 Å². The Hall–Kier alpha value is -1.81. The van der Waals surface area contributed by atoms with Gasteiger partial charge in [-0.3, -0.25) is 4.90 Å². The molecule has 1 aromatic carbocycles. The van der Waals surface area contributed by atoms with Crippen molar-refractivity contribution >= 4 is 0 Å². The fraction of sp³-hybridized carbons (Fsp3) is 0.438. The zero-order chi connectivity index (χ0) is 13.8. The Kier molecular flexibility index (Phi) is 4.02. The van der Waals surface area contributed by atoms with E-state index >= 15 is 0 Å². The molecule has 0 radical (unpaired) electrons. The summed E-state index contributed by atoms with van der Waals surface area (Å²) in [6, 6.07) is 9.02. The zero-order valence-electron chi connectivity index (χ0n) is 11.9. The van der Waals surface area contributed by atoms with Crippen LogP contribution in [0.15, 0.2) is 36.7 Å². The number of aromatic amines is 1. The highest BCUT2D eigenvalue weighted by atomic mass is 16.5. The van der Waals surface area contributed by atoms with E-state index in [4.69, 9.17) is 4.74 Å². The summed E-state index contributed by atoms with van der Waals surface area (Å²) in [6.45, 7) is 4.76. The van der Waals surface area contributed by atoms with Crippen LogP contribution in [0.1, 0.15) is 37.2 Å². The second-order valence-corrected chi connectivity index (χ2v) is 5.17. The molecule has 0 bridgehead atoms. The van der Waals surface area contributed by atoms with Crippen molar-refractivity contribution in [3.63, 3.8) is 0 Å². The second-order valence-electron chi connectivity index (χ2n) is 5.17. The molecule has 1 atom stereocenters. The fourth-order valence-electron chi connectivity index (χ4n) is 2.92. The highest BCUT2D eigenvalue weighted by Crippen LogP contribution is 2.33. The molecule has 1 fully saturated rings. The summed E-state index contributed by atoms with van der Waals surface area (Å²) in [5.41, 5.74) is 1.37. The average molecular weight is 271 g/mol. The van der Waals surface area contributed by atoms with Crippen molar-refractivity contribution in [2.75, 3.05) is 13.2 Å². The van der Waals surface area contributed by atoms with E-state index in [0.717, 1.165) is 24.7 Å². The van der Waals surface area contributed by atoms with Crippen LogP contribution in [-0.4, -0.2) is 28.0 Å². The monoisotopic (exact) mass is 271 g/mol. The molecule has 0 saturated carbocycles. The number of nitrogens with zero attached hydrogens (tertiary/aromatic N) is 2. The summed E-state index contributed by atoms with van der Waals surface area (Å²) < 4.78 is 5.51. The number of hydrogen-bond acceptors (Lipinski definition) is 3. The lowest BCUT2D eigenvalue weighted by molar-refractivity contribution is 0.243. The Morgan fingerprint density at radius 3 is 2.90 bits per heavy atom. The maximum absolute atomic E-state index is 5.51. The molecule has 1 N–H and O–H groups in total. The lowest BCUT2D eigenvalue weighted by atomic mass is 10.0. The summed E-state index contributed by atoms with van der Waals surface area (Å²) in [7, 11) is 0. The molecule has 4 nitrogen and oxygen atoms in total. The van der Waals surface area contributed by atoms with Gasteiger partial charge in [0.15, 0.2) is 0 Å². The molecule has 1 aliphatic heterocycles. The number of benzene rings is 1. The highest BCUT2D eigenvalue weighted by molar-refractivity contribution is 5.29. The van der Waals surface area contributed by atoms with E-state index in [1.54, 1.807) is 0 Å². The summed E-state index contributed by atoms with van der Waals surface area (Å²) in [5, 5.41) is 0. The lowest BCUT2D eigenvalue weighted by Gasteiger charge is -2.24. The van der Waals surface area contributed by atoms with E-state index in [0.29, 0.717) is 12.6 Å². The van der Waals surface area contributed by atoms with Gasteiger partial charge < -0.3 is 9.72 Å². The van der Waals surface area contributed by atoms with Gasteiger partial charge in [-0.25, -0.2) is 4.98 Å². The zero-order valence-corrected chi connectivity index (χ0v) is 11.9. The largest absolute Gasteiger partial charge is 0.494 e. The minimum atomic E-state index is 0.496. The Balaban J connectivity index is 1.71. The smallest absolute Gasteiger partial charge is 0.120 e. The predicted octanol–water partition coefficient (Wildman–Crippen LogP) is 3.15. The second kappa shape index (κ2) is 6.09. The number of imidazole rings is 1. The lowest BCUT2D eigenvalue weighted by Crippen LogP contribution is -2.23. The molecule has 3 rings (SSSR count). The summed E-state index contributed by atoms with van der Waals surface area (Å²) >= 11 is 0. The van der Waals surface area contributed by atoms with Crippen molar-refractivity contribution in [1.82, 2.24) is 14.9 Å². The van der Waals surface area contributed by atoms with Gasteiger partial charge in [0.2, 0.25) is 0 Å². The van der Waals surface area contributed by atoms with E-state index in [1.165, 1.54) is 18.4 Å². The summed E-state index contributed by atoms with van der Waals surface area (Å²) in [6.07, 6.45) is 6.17. The van der Waals surface area contributed by atoms with Crippen LogP contribution < -0.4 is 4.74 Å². The van der Waals surface area contributed by atoms with Crippen LogP contribution in [0.5, 0.6) is 5.75 Å². The minimum absolute atomic E-state index is 0.496. The van der Waals surface area contributed by atoms with Gasteiger partial charge in [-0.1, -0.05) is 12.1 Å². The van der Waals surface area contributed by atoms with Gasteiger partial charge in [0.25, 0.3) is 0 Å². The fourth-order valence-corrected chi connectivity index (χ4v) is 2.92.